The second-order valence-electron chi connectivity index (χ2n) is 10.7. The Morgan fingerprint density at radius 3 is 0.604 bits per heavy atom. The van der Waals surface area contributed by atoms with Crippen molar-refractivity contribution in [3.8, 4) is 46.0 Å². The number of allylic oxidation sites excluding steroid dienone is 4. The fourth-order valence-electron chi connectivity index (χ4n) is 4.53. The van der Waals surface area contributed by atoms with E-state index >= 15 is 0 Å². The van der Waals surface area contributed by atoms with Crippen LogP contribution in [0.25, 0.3) is 24.3 Å². The average molecular weight is 815 g/mol. The van der Waals surface area contributed by atoms with E-state index in [0.717, 1.165) is 22.3 Å². The minimum Gasteiger partial charge on any atom is -0.497 e. The van der Waals surface area contributed by atoms with Crippen molar-refractivity contribution in [1.82, 2.24) is 0 Å². The largest absolute Gasteiger partial charge is 0.497 e. The Morgan fingerprint density at radius 1 is 0.321 bits per heavy atom. The van der Waals surface area contributed by atoms with Crippen LogP contribution in [-0.2, 0) is 30.0 Å². The summed E-state index contributed by atoms with van der Waals surface area (Å²) in [6.07, 6.45) is 12.8. The maximum absolute atomic E-state index is 12.1. The van der Waals surface area contributed by atoms with E-state index in [1.54, 1.807) is 105 Å². The number of benzene rings is 4. The summed E-state index contributed by atoms with van der Waals surface area (Å²) in [4.78, 5) is 24.2. The van der Waals surface area contributed by atoms with Crippen LogP contribution in [0.2, 0.25) is 0 Å². The maximum atomic E-state index is 12.1. The quantitative estimate of drug-likeness (QED) is 0.0816. The monoisotopic (exact) mass is 814 g/mol. The molecule has 0 amide bonds. The molecule has 11 heteroatoms. The fraction of sp³-hybridized carbons (Fsp3) is 0.190. The molecule has 0 aliphatic rings. The van der Waals surface area contributed by atoms with Crippen molar-refractivity contribution >= 4 is 35.9 Å². The Kier molecular flexibility index (Phi) is 18.8. The van der Waals surface area contributed by atoms with Gasteiger partial charge in [-0.1, -0.05) is 24.3 Å². The number of methoxy groups -OCH3 is 8. The molecule has 0 aromatic heterocycles. The Morgan fingerprint density at radius 2 is 0.472 bits per heavy atom. The van der Waals surface area contributed by atoms with Crippen molar-refractivity contribution in [2.24, 2.45) is 0 Å². The number of ketones is 2. The molecule has 0 saturated heterocycles. The molecule has 0 aliphatic carbocycles. The molecular formula is C42H44O10Pd. The first-order valence-corrected chi connectivity index (χ1v) is 15.9. The van der Waals surface area contributed by atoms with E-state index in [1.807, 2.05) is 48.5 Å². The molecule has 0 bridgehead atoms. The number of rotatable bonds is 16. The molecule has 0 saturated carbocycles. The van der Waals surface area contributed by atoms with Gasteiger partial charge in [-0.3, -0.25) is 9.59 Å². The van der Waals surface area contributed by atoms with Crippen LogP contribution >= 0.6 is 0 Å². The van der Waals surface area contributed by atoms with E-state index in [1.165, 1.54) is 24.3 Å². The Hall–Kier alpha value is -5.76. The van der Waals surface area contributed by atoms with Crippen molar-refractivity contribution in [3.63, 3.8) is 0 Å². The molecule has 4 rings (SSSR count). The molecule has 4 aromatic carbocycles. The van der Waals surface area contributed by atoms with Gasteiger partial charge in [0.15, 0.2) is 11.6 Å². The molecular weight excluding hydrogens is 771 g/mol. The SMILES string of the molecule is COc1cc(/C=C/C(=O)/C=C/c2cc(OC)cc(OC)c2)cc(OC)c1.COc1cc(/C=C/C(=O)/C=C/c2cc(OC)cc(OC)c2)cc(OC)c1.[Pd]. The zero-order valence-electron chi connectivity index (χ0n) is 30.9. The van der Waals surface area contributed by atoms with Crippen molar-refractivity contribution in [3.05, 3.63) is 119 Å². The van der Waals surface area contributed by atoms with Gasteiger partial charge in [0.05, 0.1) is 56.9 Å². The Labute approximate surface area is 324 Å². The van der Waals surface area contributed by atoms with Gasteiger partial charge in [-0.05, 0) is 95.1 Å². The number of ether oxygens (including phenoxy) is 8. The minimum absolute atomic E-state index is 0. The van der Waals surface area contributed by atoms with Gasteiger partial charge >= 0.3 is 0 Å². The summed E-state index contributed by atoms with van der Waals surface area (Å²) in [5, 5.41) is 0. The van der Waals surface area contributed by atoms with Gasteiger partial charge < -0.3 is 37.9 Å². The summed E-state index contributed by atoms with van der Waals surface area (Å²) in [6, 6.07) is 21.7. The van der Waals surface area contributed by atoms with Gasteiger partial charge in [-0.2, -0.15) is 0 Å². The molecule has 0 heterocycles. The van der Waals surface area contributed by atoms with E-state index in [-0.39, 0.29) is 32.0 Å². The van der Waals surface area contributed by atoms with Crippen molar-refractivity contribution in [2.45, 2.75) is 0 Å². The zero-order chi connectivity index (χ0) is 37.9. The van der Waals surface area contributed by atoms with Gasteiger partial charge in [-0.15, -0.1) is 0 Å². The first-order valence-electron chi connectivity index (χ1n) is 15.9. The number of carbonyl (C=O) groups excluding carboxylic acids is 2. The van der Waals surface area contributed by atoms with Crippen molar-refractivity contribution in [1.29, 1.82) is 0 Å². The molecule has 10 nitrogen and oxygen atoms in total. The Bertz CT molecular complexity index is 1560. The van der Waals surface area contributed by atoms with Gasteiger partial charge in [-0.25, -0.2) is 0 Å². The van der Waals surface area contributed by atoms with Crippen LogP contribution in [0.15, 0.2) is 97.1 Å². The molecule has 4 aromatic rings. The van der Waals surface area contributed by atoms with Crippen LogP contribution in [0, 0.1) is 0 Å². The summed E-state index contributed by atoms with van der Waals surface area (Å²) in [6.45, 7) is 0. The summed E-state index contributed by atoms with van der Waals surface area (Å²) in [5.41, 5.74) is 3.24. The van der Waals surface area contributed by atoms with Gasteiger partial charge in [0, 0.05) is 44.7 Å². The van der Waals surface area contributed by atoms with E-state index in [4.69, 9.17) is 37.9 Å². The van der Waals surface area contributed by atoms with Crippen LogP contribution in [0.1, 0.15) is 22.3 Å². The topological polar surface area (TPSA) is 108 Å². The number of hydrogen-bond acceptors (Lipinski definition) is 10. The average Bonchev–Trinajstić information content (AvgIpc) is 3.19. The van der Waals surface area contributed by atoms with Crippen LogP contribution in [0.5, 0.6) is 46.0 Å². The molecule has 0 aliphatic heterocycles. The predicted octanol–water partition coefficient (Wildman–Crippen LogP) is 8.03. The standard InChI is InChI=1S/2C21H22O5.Pd/c2*1-23-18-9-15(10-19(13-18)24-2)5-7-17(22)8-6-16-11-20(25-3)14-21(12-16)26-4;/h2*5-14H,1-4H3;/b2*7-5+,8-6+;. The second-order valence-corrected chi connectivity index (χ2v) is 10.7. The maximum Gasteiger partial charge on any atom is 0.178 e. The predicted molar refractivity (Wildman–Crippen MR) is 204 cm³/mol. The molecule has 282 valence electrons. The molecule has 53 heavy (non-hydrogen) atoms. The number of carbonyl (C=O) groups is 2. The smallest absolute Gasteiger partial charge is 0.178 e. The van der Waals surface area contributed by atoms with Gasteiger partial charge in [0.2, 0.25) is 0 Å². The van der Waals surface area contributed by atoms with Crippen LogP contribution in [-0.4, -0.2) is 68.4 Å². The van der Waals surface area contributed by atoms with Gasteiger partial charge in [0.25, 0.3) is 0 Å². The van der Waals surface area contributed by atoms with Crippen LogP contribution in [0.3, 0.4) is 0 Å². The fourth-order valence-corrected chi connectivity index (χ4v) is 4.53. The van der Waals surface area contributed by atoms with Crippen LogP contribution in [0.4, 0.5) is 0 Å². The normalized spacial score (nSPS) is 10.7. The third-order valence-electron chi connectivity index (χ3n) is 7.26. The molecule has 0 radical (unpaired) electrons. The summed E-state index contributed by atoms with van der Waals surface area (Å²) in [5.74, 6) is 5.01. The van der Waals surface area contributed by atoms with E-state index in [0.29, 0.717) is 46.0 Å². The van der Waals surface area contributed by atoms with E-state index in [2.05, 4.69) is 0 Å². The Balaban J connectivity index is 0.000000360. The van der Waals surface area contributed by atoms with Crippen molar-refractivity contribution in [2.75, 3.05) is 56.9 Å². The van der Waals surface area contributed by atoms with Gasteiger partial charge in [0.1, 0.15) is 46.0 Å². The summed E-state index contributed by atoms with van der Waals surface area (Å²) < 4.78 is 41.7. The molecule has 0 atom stereocenters. The molecule has 0 N–H and O–H groups in total. The summed E-state index contributed by atoms with van der Waals surface area (Å²) >= 11 is 0. The first kappa shape index (κ1) is 43.4. The van der Waals surface area contributed by atoms with Crippen molar-refractivity contribution < 1.29 is 67.9 Å². The van der Waals surface area contributed by atoms with E-state index in [9.17, 15) is 9.59 Å². The number of hydrogen-bond donors (Lipinski definition) is 0. The first-order chi connectivity index (χ1) is 25.1. The second kappa shape index (κ2) is 22.9. The molecule has 0 unspecified atom stereocenters. The van der Waals surface area contributed by atoms with E-state index < -0.39 is 0 Å². The molecule has 0 fully saturated rings. The molecule has 0 spiro atoms. The minimum atomic E-state index is -0.145. The van der Waals surface area contributed by atoms with Crippen LogP contribution < -0.4 is 37.9 Å². The third-order valence-corrected chi connectivity index (χ3v) is 7.26. The third kappa shape index (κ3) is 14.8. The zero-order valence-corrected chi connectivity index (χ0v) is 32.5. The summed E-state index contributed by atoms with van der Waals surface area (Å²) in [7, 11) is 12.7.